The molecule has 0 saturated heterocycles. The van der Waals surface area contributed by atoms with Crippen molar-refractivity contribution < 1.29 is 4.74 Å². The lowest BCUT2D eigenvalue weighted by Crippen LogP contribution is -1.98. The number of benzene rings is 1. The number of aryl methyl sites for hydroxylation is 2. The van der Waals surface area contributed by atoms with E-state index in [1.807, 2.05) is 12.2 Å². The van der Waals surface area contributed by atoms with Gasteiger partial charge < -0.3 is 4.74 Å². The molecule has 0 bridgehead atoms. The molecule has 0 fully saturated rings. The summed E-state index contributed by atoms with van der Waals surface area (Å²) in [5.74, 6) is 0.920. The van der Waals surface area contributed by atoms with E-state index in [1.165, 1.54) is 16.7 Å². The molecule has 0 N–H and O–H groups in total. The van der Waals surface area contributed by atoms with Crippen molar-refractivity contribution in [1.82, 2.24) is 0 Å². The summed E-state index contributed by atoms with van der Waals surface area (Å²) in [4.78, 5) is 0. The quantitative estimate of drug-likeness (QED) is 0.386. The van der Waals surface area contributed by atoms with Gasteiger partial charge in [0.25, 0.3) is 0 Å². The fourth-order valence-corrected chi connectivity index (χ4v) is 2.31. The Morgan fingerprint density at radius 3 is 2.32 bits per heavy atom. The first-order valence-corrected chi connectivity index (χ1v) is 8.48. The van der Waals surface area contributed by atoms with E-state index in [4.69, 9.17) is 39.5 Å². The van der Waals surface area contributed by atoms with Crippen molar-refractivity contribution in [2.24, 2.45) is 0 Å². The normalized spacial score (nSPS) is 12.9. The Balaban J connectivity index is 2.31. The zero-order chi connectivity index (χ0) is 16.6. The summed E-state index contributed by atoms with van der Waals surface area (Å²) >= 11 is 17.0. The predicted molar refractivity (Wildman–Crippen MR) is 98.4 cm³/mol. The first-order valence-electron chi connectivity index (χ1n) is 7.35. The molecule has 0 heterocycles. The van der Waals surface area contributed by atoms with Crippen molar-refractivity contribution in [3.05, 3.63) is 53.1 Å². The van der Waals surface area contributed by atoms with Gasteiger partial charge in [-0.15, -0.1) is 0 Å². The monoisotopic (exact) mass is 360 g/mol. The van der Waals surface area contributed by atoms with Crippen LogP contribution in [0.15, 0.2) is 42.0 Å². The summed E-state index contributed by atoms with van der Waals surface area (Å²) in [6.07, 6.45) is 8.42. The maximum absolute atomic E-state index is 5.76. The van der Waals surface area contributed by atoms with Gasteiger partial charge in [-0.25, -0.2) is 0 Å². The van der Waals surface area contributed by atoms with E-state index in [2.05, 4.69) is 45.0 Å². The number of alkyl halides is 3. The Hall–Kier alpha value is -0.630. The van der Waals surface area contributed by atoms with E-state index in [9.17, 15) is 0 Å². The molecular formula is C18H23Cl3O. The number of hydrogen-bond acceptors (Lipinski definition) is 1. The third-order valence-electron chi connectivity index (χ3n) is 3.10. The number of allylic oxidation sites excluding steroid dienone is 3. The summed E-state index contributed by atoms with van der Waals surface area (Å²) in [5.41, 5.74) is 3.73. The van der Waals surface area contributed by atoms with E-state index in [-0.39, 0.29) is 0 Å². The minimum absolute atomic E-state index is 0.441. The lowest BCUT2D eigenvalue weighted by Gasteiger charge is -2.07. The molecule has 0 unspecified atom stereocenters. The fourth-order valence-electron chi connectivity index (χ4n) is 2.04. The first kappa shape index (κ1) is 19.4. The summed E-state index contributed by atoms with van der Waals surface area (Å²) in [6, 6.07) is 6.24. The molecule has 0 aliphatic carbocycles. The largest absolute Gasteiger partial charge is 0.490 e. The molecule has 0 radical (unpaired) electrons. The van der Waals surface area contributed by atoms with Crippen LogP contribution in [0, 0.1) is 13.8 Å². The van der Waals surface area contributed by atoms with Crippen LogP contribution in [-0.4, -0.2) is 10.4 Å². The van der Waals surface area contributed by atoms with Crippen LogP contribution < -0.4 is 4.74 Å². The topological polar surface area (TPSA) is 9.23 Å². The number of halogens is 3. The Morgan fingerprint density at radius 2 is 1.73 bits per heavy atom. The zero-order valence-electron chi connectivity index (χ0n) is 13.3. The van der Waals surface area contributed by atoms with Crippen molar-refractivity contribution in [1.29, 1.82) is 0 Å². The van der Waals surface area contributed by atoms with Crippen molar-refractivity contribution in [2.45, 2.75) is 43.8 Å². The number of rotatable bonds is 7. The third kappa shape index (κ3) is 9.40. The molecule has 122 valence electrons. The maximum atomic E-state index is 5.76. The smallest absolute Gasteiger partial charge is 0.194 e. The molecule has 4 heteroatoms. The van der Waals surface area contributed by atoms with Crippen LogP contribution in [0.4, 0.5) is 0 Å². The standard InChI is InChI=1S/C18H23Cl3O/c1-14(7-5-4-6-9-18(19,20)21)8-10-22-17-12-15(2)11-16(3)13-17/h4,6,8,11-13H,5,7,9-10H2,1-3H3/b6-4+,14-8+. The van der Waals surface area contributed by atoms with Gasteiger partial charge in [-0.1, -0.05) is 58.6 Å². The number of ether oxygens (including phenoxy) is 1. The highest BCUT2D eigenvalue weighted by atomic mass is 35.6. The van der Waals surface area contributed by atoms with E-state index >= 15 is 0 Å². The molecule has 1 rings (SSSR count). The van der Waals surface area contributed by atoms with Crippen LogP contribution in [0.5, 0.6) is 5.75 Å². The lowest BCUT2D eigenvalue weighted by molar-refractivity contribution is 0.361. The number of hydrogen-bond donors (Lipinski definition) is 0. The van der Waals surface area contributed by atoms with Gasteiger partial charge in [-0.2, -0.15) is 0 Å². The van der Waals surface area contributed by atoms with Gasteiger partial charge in [0.15, 0.2) is 3.79 Å². The summed E-state index contributed by atoms with van der Waals surface area (Å²) < 4.78 is 4.57. The average molecular weight is 362 g/mol. The second-order valence-electron chi connectivity index (χ2n) is 5.51. The molecule has 1 aromatic carbocycles. The van der Waals surface area contributed by atoms with Crippen molar-refractivity contribution in [2.75, 3.05) is 6.61 Å². The van der Waals surface area contributed by atoms with Crippen LogP contribution in [0.1, 0.15) is 37.3 Å². The molecule has 0 atom stereocenters. The molecule has 0 amide bonds. The second-order valence-corrected chi connectivity index (χ2v) is 8.03. The third-order valence-corrected chi connectivity index (χ3v) is 3.56. The van der Waals surface area contributed by atoms with Gasteiger partial charge in [-0.3, -0.25) is 0 Å². The minimum Gasteiger partial charge on any atom is -0.490 e. The van der Waals surface area contributed by atoms with E-state index in [1.54, 1.807) is 0 Å². The van der Waals surface area contributed by atoms with Gasteiger partial charge >= 0.3 is 0 Å². The highest BCUT2D eigenvalue weighted by molar-refractivity contribution is 6.67. The zero-order valence-corrected chi connectivity index (χ0v) is 15.6. The van der Waals surface area contributed by atoms with Gasteiger partial charge in [0.1, 0.15) is 12.4 Å². The molecule has 0 spiro atoms. The average Bonchev–Trinajstić information content (AvgIpc) is 2.35. The minimum atomic E-state index is -1.19. The van der Waals surface area contributed by atoms with Crippen LogP contribution in [0.2, 0.25) is 0 Å². The van der Waals surface area contributed by atoms with Gasteiger partial charge in [-0.05, 0) is 62.9 Å². The molecule has 1 aromatic rings. The molecule has 0 aliphatic rings. The van der Waals surface area contributed by atoms with Crippen molar-refractivity contribution in [3.8, 4) is 5.75 Å². The molecule has 1 nitrogen and oxygen atoms in total. The van der Waals surface area contributed by atoms with Gasteiger partial charge in [0.05, 0.1) is 0 Å². The highest BCUT2D eigenvalue weighted by Gasteiger charge is 2.16. The summed E-state index contributed by atoms with van der Waals surface area (Å²) in [7, 11) is 0. The van der Waals surface area contributed by atoms with Gasteiger partial charge in [0.2, 0.25) is 0 Å². The van der Waals surface area contributed by atoms with Crippen molar-refractivity contribution in [3.63, 3.8) is 0 Å². The Labute approximate surface area is 148 Å². The van der Waals surface area contributed by atoms with Crippen LogP contribution in [0.25, 0.3) is 0 Å². The second kappa shape index (κ2) is 9.50. The first-order chi connectivity index (χ1) is 10.3. The summed E-state index contributed by atoms with van der Waals surface area (Å²) in [5, 5.41) is 0. The predicted octanol–water partition coefficient (Wildman–Crippen LogP) is 6.73. The molecule has 0 saturated carbocycles. The van der Waals surface area contributed by atoms with E-state index in [0.29, 0.717) is 13.0 Å². The fraction of sp³-hybridized carbons (Fsp3) is 0.444. The Bertz CT molecular complexity index is 507. The lowest BCUT2D eigenvalue weighted by atomic mass is 10.1. The van der Waals surface area contributed by atoms with Crippen molar-refractivity contribution >= 4 is 34.8 Å². The van der Waals surface area contributed by atoms with E-state index < -0.39 is 3.79 Å². The maximum Gasteiger partial charge on any atom is 0.194 e. The summed E-state index contributed by atoms with van der Waals surface area (Å²) in [6.45, 7) is 6.84. The van der Waals surface area contributed by atoms with Crippen LogP contribution in [-0.2, 0) is 0 Å². The highest BCUT2D eigenvalue weighted by Crippen LogP contribution is 2.30. The molecule has 0 aromatic heterocycles. The Morgan fingerprint density at radius 1 is 1.09 bits per heavy atom. The molecular weight excluding hydrogens is 339 g/mol. The SMILES string of the molecule is C/C(=C\COc1cc(C)cc(C)c1)CC/C=C/CC(Cl)(Cl)Cl. The van der Waals surface area contributed by atoms with E-state index in [0.717, 1.165) is 18.6 Å². The molecule has 0 aliphatic heterocycles. The Kier molecular flexibility index (Phi) is 8.38. The van der Waals surface area contributed by atoms with Crippen LogP contribution >= 0.6 is 34.8 Å². The van der Waals surface area contributed by atoms with Crippen LogP contribution in [0.3, 0.4) is 0 Å². The van der Waals surface area contributed by atoms with Gasteiger partial charge in [0, 0.05) is 6.42 Å². The molecule has 22 heavy (non-hydrogen) atoms.